The fourth-order valence-corrected chi connectivity index (χ4v) is 4.08. The van der Waals surface area contributed by atoms with Crippen molar-refractivity contribution < 1.29 is 9.47 Å². The van der Waals surface area contributed by atoms with Crippen LogP contribution in [0.3, 0.4) is 0 Å². The summed E-state index contributed by atoms with van der Waals surface area (Å²) in [4.78, 5) is 3.98. The number of H-pyrrole nitrogens is 1. The van der Waals surface area contributed by atoms with Gasteiger partial charge in [-0.2, -0.15) is 0 Å². The summed E-state index contributed by atoms with van der Waals surface area (Å²) in [5, 5.41) is 14.6. The minimum absolute atomic E-state index is 0.412. The van der Waals surface area contributed by atoms with Crippen LogP contribution >= 0.6 is 27.5 Å². The molecule has 0 aliphatic heterocycles. The Balaban J connectivity index is 1.38. The standard InChI is InChI=1S/C22H19BrClN5O2/c23-20-14-18(24)13-17(21(20)31-12-11-30-19-7-9-25-10-8-19)6-3-15-1-4-16(5-2-15)22-26-28-29-27-22/h1-2,4-5,7-10,13-14H,3,6,11-12H2,(H,26,27,28,29). The van der Waals surface area contributed by atoms with Crippen molar-refractivity contribution in [3.8, 4) is 22.9 Å². The second-order valence-corrected chi connectivity index (χ2v) is 7.99. The van der Waals surface area contributed by atoms with Crippen LogP contribution in [0.1, 0.15) is 11.1 Å². The molecule has 0 saturated carbocycles. The van der Waals surface area contributed by atoms with Crippen LogP contribution in [0.5, 0.6) is 11.5 Å². The second-order valence-electron chi connectivity index (χ2n) is 6.70. The van der Waals surface area contributed by atoms with E-state index >= 15 is 0 Å². The summed E-state index contributed by atoms with van der Waals surface area (Å²) >= 11 is 9.86. The molecule has 0 bridgehead atoms. The Bertz CT molecular complexity index is 1110. The highest BCUT2D eigenvalue weighted by atomic mass is 79.9. The summed E-state index contributed by atoms with van der Waals surface area (Å²) in [6.45, 7) is 0.839. The van der Waals surface area contributed by atoms with Crippen molar-refractivity contribution in [2.75, 3.05) is 13.2 Å². The lowest BCUT2D eigenvalue weighted by molar-refractivity contribution is 0.215. The van der Waals surface area contributed by atoms with Crippen LogP contribution in [0.25, 0.3) is 11.4 Å². The summed E-state index contributed by atoms with van der Waals surface area (Å²) in [6.07, 6.45) is 5.01. The Morgan fingerprint density at radius 2 is 1.71 bits per heavy atom. The number of aryl methyl sites for hydroxylation is 2. The maximum atomic E-state index is 6.28. The number of pyridine rings is 1. The molecule has 0 aliphatic rings. The van der Waals surface area contributed by atoms with Gasteiger partial charge in [-0.25, -0.2) is 5.10 Å². The van der Waals surface area contributed by atoms with Gasteiger partial charge in [0.2, 0.25) is 0 Å². The molecule has 0 saturated heterocycles. The van der Waals surface area contributed by atoms with Crippen molar-refractivity contribution in [3.63, 3.8) is 0 Å². The monoisotopic (exact) mass is 499 g/mol. The molecule has 0 spiro atoms. The van der Waals surface area contributed by atoms with E-state index in [0.29, 0.717) is 24.1 Å². The Hall–Kier alpha value is -2.97. The summed E-state index contributed by atoms with van der Waals surface area (Å²) in [6, 6.07) is 15.5. The molecule has 0 unspecified atom stereocenters. The highest BCUT2D eigenvalue weighted by Crippen LogP contribution is 2.33. The Kier molecular flexibility index (Phi) is 7.11. The average molecular weight is 501 g/mol. The van der Waals surface area contributed by atoms with E-state index in [0.717, 1.165) is 39.9 Å². The topological polar surface area (TPSA) is 85.8 Å². The zero-order valence-corrected chi connectivity index (χ0v) is 18.8. The number of ether oxygens (including phenoxy) is 2. The molecular weight excluding hydrogens is 482 g/mol. The minimum Gasteiger partial charge on any atom is -0.490 e. The summed E-state index contributed by atoms with van der Waals surface area (Å²) in [5.41, 5.74) is 3.17. The fraction of sp³-hybridized carbons (Fsp3) is 0.182. The number of hydrogen-bond donors (Lipinski definition) is 1. The third-order valence-electron chi connectivity index (χ3n) is 4.59. The van der Waals surface area contributed by atoms with Gasteiger partial charge in [-0.3, -0.25) is 4.98 Å². The zero-order chi connectivity index (χ0) is 21.5. The number of benzene rings is 2. The smallest absolute Gasteiger partial charge is 0.179 e. The molecule has 2 aromatic carbocycles. The van der Waals surface area contributed by atoms with E-state index in [2.05, 4.69) is 53.7 Å². The third-order valence-corrected chi connectivity index (χ3v) is 5.40. The molecule has 0 amide bonds. The Labute approximate surface area is 192 Å². The molecule has 4 rings (SSSR count). The maximum absolute atomic E-state index is 6.28. The van der Waals surface area contributed by atoms with Crippen LogP contribution in [-0.4, -0.2) is 38.8 Å². The van der Waals surface area contributed by atoms with Crippen molar-refractivity contribution in [1.29, 1.82) is 0 Å². The van der Waals surface area contributed by atoms with Crippen molar-refractivity contribution in [3.05, 3.63) is 81.5 Å². The van der Waals surface area contributed by atoms with E-state index in [1.165, 1.54) is 5.56 Å². The molecule has 1 N–H and O–H groups in total. The van der Waals surface area contributed by atoms with E-state index in [9.17, 15) is 0 Å². The van der Waals surface area contributed by atoms with Crippen molar-refractivity contribution in [2.24, 2.45) is 0 Å². The second kappa shape index (κ2) is 10.4. The average Bonchev–Trinajstić information content (AvgIpc) is 3.32. The Morgan fingerprint density at radius 3 is 2.45 bits per heavy atom. The van der Waals surface area contributed by atoms with Gasteiger partial charge in [-0.15, -0.1) is 5.10 Å². The van der Waals surface area contributed by atoms with E-state index in [-0.39, 0.29) is 0 Å². The molecule has 2 heterocycles. The Morgan fingerprint density at radius 1 is 0.935 bits per heavy atom. The van der Waals surface area contributed by atoms with Gasteiger partial charge >= 0.3 is 0 Å². The van der Waals surface area contributed by atoms with Gasteiger partial charge in [0.05, 0.1) is 4.47 Å². The van der Waals surface area contributed by atoms with Crippen LogP contribution in [-0.2, 0) is 12.8 Å². The number of tetrazole rings is 1. The van der Waals surface area contributed by atoms with Crippen LogP contribution in [0.4, 0.5) is 0 Å². The lowest BCUT2D eigenvalue weighted by atomic mass is 10.0. The molecule has 9 heteroatoms. The summed E-state index contributed by atoms with van der Waals surface area (Å²) in [7, 11) is 0. The van der Waals surface area contributed by atoms with E-state index < -0.39 is 0 Å². The molecule has 0 atom stereocenters. The predicted molar refractivity (Wildman–Crippen MR) is 121 cm³/mol. The minimum atomic E-state index is 0.412. The molecule has 2 aromatic heterocycles. The molecule has 7 nitrogen and oxygen atoms in total. The highest BCUT2D eigenvalue weighted by Gasteiger charge is 2.11. The van der Waals surface area contributed by atoms with Gasteiger partial charge in [0.1, 0.15) is 24.7 Å². The number of aromatic nitrogens is 5. The van der Waals surface area contributed by atoms with Crippen molar-refractivity contribution in [2.45, 2.75) is 12.8 Å². The first-order valence-corrected chi connectivity index (χ1v) is 10.8. The van der Waals surface area contributed by atoms with Crippen LogP contribution < -0.4 is 9.47 Å². The van der Waals surface area contributed by atoms with Crippen molar-refractivity contribution in [1.82, 2.24) is 25.6 Å². The number of nitrogens with one attached hydrogen (secondary N) is 1. The lowest BCUT2D eigenvalue weighted by Gasteiger charge is -2.15. The van der Waals surface area contributed by atoms with Gasteiger partial charge in [0.15, 0.2) is 5.82 Å². The zero-order valence-electron chi connectivity index (χ0n) is 16.5. The largest absolute Gasteiger partial charge is 0.490 e. The van der Waals surface area contributed by atoms with E-state index in [1.807, 2.05) is 36.4 Å². The summed E-state index contributed by atoms with van der Waals surface area (Å²) < 4.78 is 12.5. The maximum Gasteiger partial charge on any atom is 0.179 e. The first kappa shape index (κ1) is 21.3. The first-order chi connectivity index (χ1) is 15.2. The van der Waals surface area contributed by atoms with Gasteiger partial charge < -0.3 is 9.47 Å². The van der Waals surface area contributed by atoms with Gasteiger partial charge in [-0.1, -0.05) is 35.9 Å². The number of halogens is 2. The number of aromatic amines is 1. The third kappa shape index (κ3) is 5.80. The lowest BCUT2D eigenvalue weighted by Crippen LogP contribution is -2.10. The quantitative estimate of drug-likeness (QED) is 0.328. The molecule has 0 aliphatic carbocycles. The molecule has 0 fully saturated rings. The normalized spacial score (nSPS) is 10.8. The highest BCUT2D eigenvalue weighted by molar-refractivity contribution is 9.10. The number of rotatable bonds is 9. The summed E-state index contributed by atoms with van der Waals surface area (Å²) in [5.74, 6) is 2.20. The predicted octanol–water partition coefficient (Wildman–Crippen LogP) is 4.92. The van der Waals surface area contributed by atoms with Crippen LogP contribution in [0.15, 0.2) is 65.4 Å². The van der Waals surface area contributed by atoms with E-state index in [1.54, 1.807) is 12.4 Å². The molecule has 4 aromatic rings. The van der Waals surface area contributed by atoms with E-state index in [4.69, 9.17) is 21.1 Å². The van der Waals surface area contributed by atoms with Gasteiger partial charge in [0.25, 0.3) is 0 Å². The number of nitrogens with zero attached hydrogens (tertiary/aromatic N) is 4. The van der Waals surface area contributed by atoms with Crippen LogP contribution in [0, 0.1) is 0 Å². The first-order valence-electron chi connectivity index (χ1n) is 9.65. The number of hydrogen-bond acceptors (Lipinski definition) is 6. The SMILES string of the molecule is Clc1cc(Br)c(OCCOc2ccncc2)c(CCc2ccc(-c3nnn[nH]3)cc2)c1. The molecule has 31 heavy (non-hydrogen) atoms. The van der Waals surface area contributed by atoms with Gasteiger partial charge in [-0.05, 0) is 74.6 Å². The molecule has 0 radical (unpaired) electrons. The fourth-order valence-electron chi connectivity index (χ4n) is 3.09. The van der Waals surface area contributed by atoms with Gasteiger partial charge in [0, 0.05) is 23.0 Å². The van der Waals surface area contributed by atoms with Crippen molar-refractivity contribution >= 4 is 27.5 Å². The van der Waals surface area contributed by atoms with Crippen LogP contribution in [0.2, 0.25) is 5.02 Å². The molecular formula is C22H19BrClN5O2. The molecule has 158 valence electrons.